The normalized spacial score (nSPS) is 13.9. The van der Waals surface area contributed by atoms with Gasteiger partial charge in [0.15, 0.2) is 5.78 Å². The van der Waals surface area contributed by atoms with E-state index in [1.54, 1.807) is 36.2 Å². The lowest BCUT2D eigenvalue weighted by Gasteiger charge is -2.26. The molecular weight excluding hydrogens is 276 g/mol. The number of urea groups is 1. The summed E-state index contributed by atoms with van der Waals surface area (Å²) in [6, 6.07) is 14.9. The van der Waals surface area contributed by atoms with E-state index in [1.807, 2.05) is 36.4 Å². The summed E-state index contributed by atoms with van der Waals surface area (Å²) < 4.78 is 0. The minimum absolute atomic E-state index is 0.0498. The van der Waals surface area contributed by atoms with Crippen LogP contribution in [0.2, 0.25) is 0 Å². The van der Waals surface area contributed by atoms with Crippen molar-refractivity contribution in [2.75, 3.05) is 12.4 Å². The second-order valence-electron chi connectivity index (χ2n) is 5.27. The van der Waals surface area contributed by atoms with Crippen LogP contribution < -0.4 is 5.32 Å². The molecule has 0 fully saturated rings. The highest BCUT2D eigenvalue weighted by Crippen LogP contribution is 2.24. The fraction of sp³-hybridized carbons (Fsp3) is 0.111. The van der Waals surface area contributed by atoms with Crippen LogP contribution >= 0.6 is 0 Å². The third-order valence-corrected chi connectivity index (χ3v) is 3.61. The van der Waals surface area contributed by atoms with Crippen LogP contribution in [0, 0.1) is 0 Å². The van der Waals surface area contributed by atoms with Crippen molar-refractivity contribution in [1.82, 2.24) is 4.90 Å². The van der Waals surface area contributed by atoms with Crippen LogP contribution in [-0.4, -0.2) is 23.8 Å². The minimum atomic E-state index is -0.129. The Hall–Kier alpha value is -2.88. The lowest BCUT2D eigenvalue weighted by Crippen LogP contribution is -2.35. The smallest absolute Gasteiger partial charge is 0.321 e. The third kappa shape index (κ3) is 2.91. The molecule has 3 rings (SSSR count). The number of carbonyl (C=O) groups is 2. The van der Waals surface area contributed by atoms with Crippen LogP contribution in [0.3, 0.4) is 0 Å². The summed E-state index contributed by atoms with van der Waals surface area (Å²) in [5.74, 6) is -0.0498. The van der Waals surface area contributed by atoms with E-state index in [9.17, 15) is 9.59 Å². The maximum atomic E-state index is 12.3. The van der Waals surface area contributed by atoms with Crippen molar-refractivity contribution in [2.24, 2.45) is 0 Å². The van der Waals surface area contributed by atoms with E-state index in [1.165, 1.54) is 0 Å². The Morgan fingerprint density at radius 1 is 1.18 bits per heavy atom. The Morgan fingerprint density at radius 3 is 2.73 bits per heavy atom. The zero-order chi connectivity index (χ0) is 15.5. The number of hydrogen-bond acceptors (Lipinski definition) is 2. The Morgan fingerprint density at radius 2 is 1.95 bits per heavy atom. The molecule has 0 bridgehead atoms. The van der Waals surface area contributed by atoms with Gasteiger partial charge in [0.1, 0.15) is 0 Å². The molecular formula is C18H16N2O2. The predicted octanol–water partition coefficient (Wildman–Crippen LogP) is 3.56. The van der Waals surface area contributed by atoms with Gasteiger partial charge < -0.3 is 10.2 Å². The SMILES string of the molecule is CN1Cc2cc(C(=O)C=Cc3ccccc3)ccc2NC1=O. The number of hydrogen-bond donors (Lipinski definition) is 1. The first-order chi connectivity index (χ1) is 10.6. The zero-order valence-electron chi connectivity index (χ0n) is 12.2. The van der Waals surface area contributed by atoms with Gasteiger partial charge in [-0.25, -0.2) is 4.79 Å². The molecule has 0 saturated carbocycles. The van der Waals surface area contributed by atoms with E-state index in [-0.39, 0.29) is 11.8 Å². The van der Waals surface area contributed by atoms with E-state index < -0.39 is 0 Å². The van der Waals surface area contributed by atoms with Gasteiger partial charge in [-0.2, -0.15) is 0 Å². The number of benzene rings is 2. The Labute approximate surface area is 129 Å². The number of amides is 2. The third-order valence-electron chi connectivity index (χ3n) is 3.61. The highest BCUT2D eigenvalue weighted by molar-refractivity contribution is 6.07. The van der Waals surface area contributed by atoms with Crippen LogP contribution in [0.25, 0.3) is 6.08 Å². The molecule has 0 atom stereocenters. The second-order valence-corrected chi connectivity index (χ2v) is 5.27. The number of ketones is 1. The van der Waals surface area contributed by atoms with Crippen molar-refractivity contribution in [1.29, 1.82) is 0 Å². The van der Waals surface area contributed by atoms with E-state index in [0.717, 1.165) is 16.8 Å². The number of allylic oxidation sites excluding steroid dienone is 1. The highest BCUT2D eigenvalue weighted by Gasteiger charge is 2.19. The second kappa shape index (κ2) is 5.85. The number of anilines is 1. The van der Waals surface area contributed by atoms with Crippen molar-refractivity contribution < 1.29 is 9.59 Å². The molecule has 0 saturated heterocycles. The number of fused-ring (bicyclic) bond motifs is 1. The average molecular weight is 292 g/mol. The standard InChI is InChI=1S/C18H16N2O2/c1-20-12-15-11-14(8-9-16(15)19-18(20)22)17(21)10-7-13-5-3-2-4-6-13/h2-11H,12H2,1H3,(H,19,22). The van der Waals surface area contributed by atoms with E-state index >= 15 is 0 Å². The lowest BCUT2D eigenvalue weighted by molar-refractivity contribution is 0.104. The van der Waals surface area contributed by atoms with Crippen LogP contribution in [0.15, 0.2) is 54.6 Å². The molecule has 0 spiro atoms. The van der Waals surface area contributed by atoms with Gasteiger partial charge in [0.05, 0.1) is 0 Å². The number of nitrogens with one attached hydrogen (secondary N) is 1. The van der Waals surface area contributed by atoms with Gasteiger partial charge in [-0.3, -0.25) is 4.79 Å². The summed E-state index contributed by atoms with van der Waals surface area (Å²) in [6.45, 7) is 0.505. The van der Waals surface area contributed by atoms with Crippen molar-refractivity contribution in [3.05, 3.63) is 71.3 Å². The maximum absolute atomic E-state index is 12.3. The van der Waals surface area contributed by atoms with Crippen molar-refractivity contribution >= 4 is 23.6 Å². The predicted molar refractivity (Wildman–Crippen MR) is 86.7 cm³/mol. The van der Waals surface area contributed by atoms with Gasteiger partial charge in [-0.15, -0.1) is 0 Å². The summed E-state index contributed by atoms with van der Waals surface area (Å²) in [7, 11) is 1.72. The molecule has 1 heterocycles. The number of rotatable bonds is 3. The molecule has 0 aromatic heterocycles. The van der Waals surface area contributed by atoms with Gasteiger partial charge in [0.25, 0.3) is 0 Å². The topological polar surface area (TPSA) is 49.4 Å². The van der Waals surface area contributed by atoms with Crippen LogP contribution in [0.5, 0.6) is 0 Å². The van der Waals surface area contributed by atoms with Crippen LogP contribution in [-0.2, 0) is 6.54 Å². The van der Waals surface area contributed by atoms with Crippen LogP contribution in [0.4, 0.5) is 10.5 Å². The Balaban J connectivity index is 1.81. The Kier molecular flexibility index (Phi) is 3.74. The first-order valence-electron chi connectivity index (χ1n) is 7.06. The monoisotopic (exact) mass is 292 g/mol. The Bertz CT molecular complexity index is 751. The summed E-state index contributed by atoms with van der Waals surface area (Å²) in [5, 5.41) is 2.79. The van der Waals surface area contributed by atoms with Gasteiger partial charge in [-0.05, 0) is 35.4 Å². The molecule has 110 valence electrons. The van der Waals surface area contributed by atoms with Gasteiger partial charge in [-0.1, -0.05) is 36.4 Å². The highest BCUT2D eigenvalue weighted by atomic mass is 16.2. The molecule has 0 aliphatic carbocycles. The van der Waals surface area contributed by atoms with E-state index in [0.29, 0.717) is 12.1 Å². The van der Waals surface area contributed by atoms with Crippen molar-refractivity contribution in [2.45, 2.75) is 6.54 Å². The fourth-order valence-electron chi connectivity index (χ4n) is 2.37. The fourth-order valence-corrected chi connectivity index (χ4v) is 2.37. The van der Waals surface area contributed by atoms with E-state index in [4.69, 9.17) is 0 Å². The van der Waals surface area contributed by atoms with Gasteiger partial charge >= 0.3 is 6.03 Å². The molecule has 0 radical (unpaired) electrons. The van der Waals surface area contributed by atoms with Crippen molar-refractivity contribution in [3.63, 3.8) is 0 Å². The lowest BCUT2D eigenvalue weighted by atomic mass is 10.0. The first-order valence-corrected chi connectivity index (χ1v) is 7.06. The largest absolute Gasteiger partial charge is 0.323 e. The summed E-state index contributed by atoms with van der Waals surface area (Å²) >= 11 is 0. The molecule has 1 aliphatic heterocycles. The van der Waals surface area contributed by atoms with Crippen molar-refractivity contribution in [3.8, 4) is 0 Å². The maximum Gasteiger partial charge on any atom is 0.321 e. The average Bonchev–Trinajstić information content (AvgIpc) is 2.54. The zero-order valence-corrected chi connectivity index (χ0v) is 12.2. The van der Waals surface area contributed by atoms with E-state index in [2.05, 4.69) is 5.32 Å². The molecule has 1 N–H and O–H groups in total. The summed E-state index contributed by atoms with van der Waals surface area (Å²) in [5.41, 5.74) is 3.32. The molecule has 1 aliphatic rings. The molecule has 22 heavy (non-hydrogen) atoms. The van der Waals surface area contributed by atoms with Crippen LogP contribution in [0.1, 0.15) is 21.5 Å². The molecule has 4 heteroatoms. The molecule has 2 aromatic rings. The molecule has 4 nitrogen and oxygen atoms in total. The van der Waals surface area contributed by atoms with Gasteiger partial charge in [0.2, 0.25) is 0 Å². The summed E-state index contributed by atoms with van der Waals surface area (Å²) in [6.07, 6.45) is 3.37. The molecule has 2 aromatic carbocycles. The minimum Gasteiger partial charge on any atom is -0.323 e. The molecule has 0 unspecified atom stereocenters. The number of nitrogens with zero attached hydrogens (tertiary/aromatic N) is 1. The first kappa shape index (κ1) is 14.1. The summed E-state index contributed by atoms with van der Waals surface area (Å²) in [4.78, 5) is 25.4. The molecule has 2 amide bonds. The quantitative estimate of drug-likeness (QED) is 0.694. The number of carbonyl (C=O) groups excluding carboxylic acids is 2. The van der Waals surface area contributed by atoms with Gasteiger partial charge in [0, 0.05) is 24.8 Å².